The van der Waals surface area contributed by atoms with Crippen molar-refractivity contribution in [1.82, 2.24) is 9.88 Å². The van der Waals surface area contributed by atoms with Gasteiger partial charge in [-0.05, 0) is 42.0 Å². The van der Waals surface area contributed by atoms with Crippen molar-refractivity contribution in [1.29, 1.82) is 0 Å². The van der Waals surface area contributed by atoms with Crippen molar-refractivity contribution < 1.29 is 9.53 Å². The van der Waals surface area contributed by atoms with Crippen LogP contribution in [0.1, 0.15) is 26.2 Å². The first-order chi connectivity index (χ1) is 14.7. The van der Waals surface area contributed by atoms with Crippen LogP contribution in [0.15, 0.2) is 72.9 Å². The van der Waals surface area contributed by atoms with Gasteiger partial charge >= 0.3 is 0 Å². The summed E-state index contributed by atoms with van der Waals surface area (Å²) >= 11 is 0. The van der Waals surface area contributed by atoms with E-state index in [1.165, 1.54) is 0 Å². The van der Waals surface area contributed by atoms with Gasteiger partial charge in [0.2, 0.25) is 5.91 Å². The number of rotatable bonds is 6. The lowest BCUT2D eigenvalue weighted by molar-refractivity contribution is -0.132. The lowest BCUT2D eigenvalue weighted by atomic mass is 10.1. The zero-order chi connectivity index (χ0) is 20.8. The molecule has 1 aliphatic heterocycles. The van der Waals surface area contributed by atoms with E-state index in [0.717, 1.165) is 54.3 Å². The minimum Gasteiger partial charge on any atom is -0.490 e. The number of para-hydroxylation sites is 1. The van der Waals surface area contributed by atoms with E-state index in [-0.39, 0.29) is 12.0 Å². The Labute approximate surface area is 177 Å². The second-order valence-electron chi connectivity index (χ2n) is 7.50. The molecule has 0 saturated carbocycles. The normalized spacial score (nSPS) is 14.4. The van der Waals surface area contributed by atoms with Gasteiger partial charge in [0.1, 0.15) is 17.7 Å². The smallest absolute Gasteiger partial charge is 0.222 e. The van der Waals surface area contributed by atoms with Crippen LogP contribution in [0.3, 0.4) is 0 Å². The minimum atomic E-state index is 0.168. The fourth-order valence-corrected chi connectivity index (χ4v) is 3.67. The molecule has 154 valence electrons. The number of ether oxygens (including phenoxy) is 1. The van der Waals surface area contributed by atoms with E-state index in [2.05, 4.69) is 28.5 Å². The zero-order valence-electron chi connectivity index (χ0n) is 17.3. The summed E-state index contributed by atoms with van der Waals surface area (Å²) in [6, 6.07) is 22.2. The summed E-state index contributed by atoms with van der Waals surface area (Å²) in [5, 5.41) is 3.30. The molecule has 0 aliphatic carbocycles. The third-order valence-electron chi connectivity index (χ3n) is 5.40. The molecule has 1 aromatic heterocycles. The van der Waals surface area contributed by atoms with E-state index in [4.69, 9.17) is 4.74 Å². The third-order valence-corrected chi connectivity index (χ3v) is 5.40. The molecule has 5 heteroatoms. The number of anilines is 2. The summed E-state index contributed by atoms with van der Waals surface area (Å²) in [6.45, 7) is 3.48. The molecule has 5 nitrogen and oxygen atoms in total. The summed E-state index contributed by atoms with van der Waals surface area (Å²) in [7, 11) is 0. The Bertz CT molecular complexity index is 948. The van der Waals surface area contributed by atoms with Crippen molar-refractivity contribution >= 4 is 17.4 Å². The Morgan fingerprint density at radius 1 is 1.00 bits per heavy atom. The number of hydrogen-bond donors (Lipinski definition) is 1. The Hall–Kier alpha value is -3.34. The third kappa shape index (κ3) is 4.98. The molecule has 30 heavy (non-hydrogen) atoms. The maximum atomic E-state index is 11.8. The Morgan fingerprint density at radius 3 is 2.33 bits per heavy atom. The number of piperidine rings is 1. The monoisotopic (exact) mass is 401 g/mol. The number of nitrogens with zero attached hydrogens (tertiary/aromatic N) is 2. The summed E-state index contributed by atoms with van der Waals surface area (Å²) in [5.74, 6) is 1.92. The topological polar surface area (TPSA) is 54.5 Å². The molecular weight excluding hydrogens is 374 g/mol. The van der Waals surface area contributed by atoms with Crippen LogP contribution in [0.5, 0.6) is 5.75 Å². The van der Waals surface area contributed by atoms with E-state index >= 15 is 0 Å². The van der Waals surface area contributed by atoms with Crippen molar-refractivity contribution in [2.75, 3.05) is 18.4 Å². The fraction of sp³-hybridized carbons (Fsp3) is 0.280. The lowest BCUT2D eigenvalue weighted by Gasteiger charge is -2.32. The predicted octanol–water partition coefficient (Wildman–Crippen LogP) is 5.27. The molecule has 0 atom stereocenters. The Balaban J connectivity index is 1.33. The van der Waals surface area contributed by atoms with Crippen LogP contribution in [0.2, 0.25) is 0 Å². The first-order valence-corrected chi connectivity index (χ1v) is 10.5. The van der Waals surface area contributed by atoms with Crippen LogP contribution in [0, 0.1) is 0 Å². The van der Waals surface area contributed by atoms with Gasteiger partial charge < -0.3 is 15.0 Å². The molecule has 1 amide bonds. The number of pyridine rings is 1. The van der Waals surface area contributed by atoms with Crippen LogP contribution < -0.4 is 10.1 Å². The number of carbonyl (C=O) groups is 1. The quantitative estimate of drug-likeness (QED) is 0.611. The zero-order valence-corrected chi connectivity index (χ0v) is 17.3. The van der Waals surface area contributed by atoms with Crippen molar-refractivity contribution in [3.63, 3.8) is 0 Å². The first kappa shape index (κ1) is 20.0. The average molecular weight is 402 g/mol. The second kappa shape index (κ2) is 9.44. The molecule has 1 fully saturated rings. The first-order valence-electron chi connectivity index (χ1n) is 10.5. The van der Waals surface area contributed by atoms with Crippen molar-refractivity contribution in [3.8, 4) is 16.9 Å². The molecule has 1 N–H and O–H groups in total. The van der Waals surface area contributed by atoms with Crippen LogP contribution >= 0.6 is 0 Å². The van der Waals surface area contributed by atoms with Gasteiger partial charge in [-0.15, -0.1) is 0 Å². The molecule has 0 radical (unpaired) electrons. The molecule has 2 heterocycles. The van der Waals surface area contributed by atoms with Crippen molar-refractivity contribution in [2.24, 2.45) is 0 Å². The van der Waals surface area contributed by atoms with Gasteiger partial charge in [0.05, 0.1) is 0 Å². The van der Waals surface area contributed by atoms with E-state index in [1.54, 1.807) is 0 Å². The van der Waals surface area contributed by atoms with Crippen LogP contribution in [-0.2, 0) is 4.79 Å². The van der Waals surface area contributed by atoms with Crippen LogP contribution in [0.4, 0.5) is 11.5 Å². The van der Waals surface area contributed by atoms with Gasteiger partial charge in [0.25, 0.3) is 0 Å². The van der Waals surface area contributed by atoms with Crippen LogP contribution in [0.25, 0.3) is 11.1 Å². The number of aromatic nitrogens is 1. The van der Waals surface area contributed by atoms with Gasteiger partial charge in [-0.25, -0.2) is 4.98 Å². The number of amides is 1. The number of carbonyl (C=O) groups excluding carboxylic acids is 1. The molecule has 0 spiro atoms. The average Bonchev–Trinajstić information content (AvgIpc) is 2.81. The highest BCUT2D eigenvalue weighted by molar-refractivity contribution is 5.75. The fourth-order valence-electron chi connectivity index (χ4n) is 3.67. The van der Waals surface area contributed by atoms with Gasteiger partial charge in [-0.1, -0.05) is 37.3 Å². The van der Waals surface area contributed by atoms with Crippen molar-refractivity contribution in [3.05, 3.63) is 72.9 Å². The number of benzene rings is 2. The summed E-state index contributed by atoms with van der Waals surface area (Å²) in [4.78, 5) is 18.2. The molecule has 1 aliphatic rings. The van der Waals surface area contributed by atoms with E-state index < -0.39 is 0 Å². The highest BCUT2D eigenvalue weighted by Gasteiger charge is 2.22. The van der Waals surface area contributed by atoms with Crippen LogP contribution in [-0.4, -0.2) is 35.0 Å². The number of nitrogens with one attached hydrogen (secondary N) is 1. The highest BCUT2D eigenvalue weighted by Crippen LogP contribution is 2.25. The minimum absolute atomic E-state index is 0.168. The molecule has 0 unspecified atom stereocenters. The molecular formula is C25H27N3O2. The number of likely N-dealkylation sites (tertiary alicyclic amines) is 1. The molecule has 4 rings (SSSR count). The SMILES string of the molecule is CCC(=O)N1CCC(Oc2ccc(-c3ccc(Nc4ccccc4)nc3)cc2)CC1. The maximum absolute atomic E-state index is 11.8. The van der Waals surface area contributed by atoms with E-state index in [1.807, 2.05) is 66.6 Å². The molecule has 2 aromatic carbocycles. The molecule has 1 saturated heterocycles. The van der Waals surface area contributed by atoms with E-state index in [0.29, 0.717) is 6.42 Å². The Morgan fingerprint density at radius 2 is 1.70 bits per heavy atom. The summed E-state index contributed by atoms with van der Waals surface area (Å²) in [6.07, 6.45) is 4.38. The maximum Gasteiger partial charge on any atom is 0.222 e. The summed E-state index contributed by atoms with van der Waals surface area (Å²) in [5.41, 5.74) is 3.18. The van der Waals surface area contributed by atoms with Crippen molar-refractivity contribution in [2.45, 2.75) is 32.3 Å². The predicted molar refractivity (Wildman–Crippen MR) is 120 cm³/mol. The van der Waals surface area contributed by atoms with Gasteiger partial charge in [0.15, 0.2) is 0 Å². The van der Waals surface area contributed by atoms with Gasteiger partial charge in [-0.3, -0.25) is 4.79 Å². The molecule has 3 aromatic rings. The second-order valence-corrected chi connectivity index (χ2v) is 7.50. The highest BCUT2D eigenvalue weighted by atomic mass is 16.5. The lowest BCUT2D eigenvalue weighted by Crippen LogP contribution is -2.41. The number of hydrogen-bond acceptors (Lipinski definition) is 4. The Kier molecular flexibility index (Phi) is 6.28. The van der Waals surface area contributed by atoms with Gasteiger partial charge in [-0.2, -0.15) is 0 Å². The summed E-state index contributed by atoms with van der Waals surface area (Å²) < 4.78 is 6.13. The molecule has 0 bridgehead atoms. The standard InChI is InChI=1S/C25H27N3O2/c1-2-25(29)28-16-14-23(15-17-28)30-22-11-8-19(9-12-22)20-10-13-24(26-18-20)27-21-6-4-3-5-7-21/h3-13,18,23H,2,14-17H2,1H3,(H,26,27). The largest absolute Gasteiger partial charge is 0.490 e. The van der Waals surface area contributed by atoms with E-state index in [9.17, 15) is 4.79 Å². The van der Waals surface area contributed by atoms with Gasteiger partial charge in [0, 0.05) is 49.8 Å².